The van der Waals surface area contributed by atoms with Crippen molar-refractivity contribution < 1.29 is 17.9 Å². The molecule has 20 heavy (non-hydrogen) atoms. The van der Waals surface area contributed by atoms with E-state index in [2.05, 4.69) is 10.2 Å². The zero-order valence-electron chi connectivity index (χ0n) is 10.2. The first kappa shape index (κ1) is 14.3. The van der Waals surface area contributed by atoms with Crippen molar-refractivity contribution in [2.45, 2.75) is 16.2 Å². The van der Waals surface area contributed by atoms with Gasteiger partial charge >= 0.3 is 6.18 Å². The molecule has 0 saturated heterocycles. The van der Waals surface area contributed by atoms with E-state index in [4.69, 9.17) is 16.3 Å². The van der Waals surface area contributed by atoms with Crippen molar-refractivity contribution >= 4 is 17.4 Å². The van der Waals surface area contributed by atoms with Crippen molar-refractivity contribution in [3.8, 4) is 5.75 Å². The average molecular weight is 305 g/mol. The summed E-state index contributed by atoms with van der Waals surface area (Å²) in [5, 5.41) is 6.34. The monoisotopic (exact) mass is 305 g/mol. The molecule has 0 aliphatic heterocycles. The quantitative estimate of drug-likeness (QED) is 0.663. The van der Waals surface area contributed by atoms with E-state index in [1.165, 1.54) is 7.11 Å². The van der Waals surface area contributed by atoms with Gasteiger partial charge in [-0.2, -0.15) is 13.2 Å². The maximum absolute atomic E-state index is 12.5. The molecule has 2 aromatic rings. The van der Waals surface area contributed by atoms with Crippen LogP contribution in [0.4, 0.5) is 18.9 Å². The topological polar surface area (TPSA) is 92.0 Å². The fourth-order valence-corrected chi connectivity index (χ4v) is 2.25. The molecule has 0 atom stereocenters. The molecule has 0 amide bonds. The standard InChI is InChI=1S/C10H10F3N5OS/c1-19-6-4-5(14)2-3-7(6)20-9-17-16-8(18(9)15)10(11,12)13/h2-4H,14-15H2,1H3. The number of anilines is 1. The molecule has 0 spiro atoms. The van der Waals surface area contributed by atoms with E-state index in [-0.39, 0.29) is 5.16 Å². The number of methoxy groups -OCH3 is 1. The Labute approximate surface area is 115 Å². The molecule has 1 heterocycles. The fourth-order valence-electron chi connectivity index (χ4n) is 1.41. The van der Waals surface area contributed by atoms with E-state index >= 15 is 0 Å². The molecule has 1 aromatic carbocycles. The summed E-state index contributed by atoms with van der Waals surface area (Å²) in [6, 6.07) is 4.73. The first-order valence-corrected chi connectivity index (χ1v) is 6.03. The lowest BCUT2D eigenvalue weighted by Gasteiger charge is -2.09. The number of aromatic nitrogens is 3. The number of nitrogen functional groups attached to an aromatic ring is 2. The third kappa shape index (κ3) is 2.74. The van der Waals surface area contributed by atoms with Gasteiger partial charge in [0.05, 0.1) is 12.0 Å². The first-order chi connectivity index (χ1) is 9.32. The highest BCUT2D eigenvalue weighted by atomic mass is 32.2. The SMILES string of the molecule is COc1cc(N)ccc1Sc1nnc(C(F)(F)F)n1N. The second kappa shape index (κ2) is 5.12. The predicted octanol–water partition coefficient (Wildman–Crippen LogP) is 1.75. The van der Waals surface area contributed by atoms with Crippen LogP contribution in [0.25, 0.3) is 0 Å². The minimum absolute atomic E-state index is 0.111. The Kier molecular flexibility index (Phi) is 3.66. The van der Waals surface area contributed by atoms with Gasteiger partial charge in [-0.1, -0.05) is 0 Å². The van der Waals surface area contributed by atoms with Crippen LogP contribution < -0.4 is 16.3 Å². The van der Waals surface area contributed by atoms with Gasteiger partial charge in [-0.25, -0.2) is 4.68 Å². The summed E-state index contributed by atoms with van der Waals surface area (Å²) in [6.07, 6.45) is -4.66. The Balaban J connectivity index is 2.34. The van der Waals surface area contributed by atoms with E-state index in [0.29, 0.717) is 21.0 Å². The molecule has 1 aromatic heterocycles. The molecule has 108 valence electrons. The van der Waals surface area contributed by atoms with Crippen molar-refractivity contribution in [1.82, 2.24) is 14.9 Å². The number of ether oxygens (including phenoxy) is 1. The van der Waals surface area contributed by atoms with Crippen molar-refractivity contribution in [1.29, 1.82) is 0 Å². The maximum atomic E-state index is 12.5. The number of alkyl halides is 3. The normalized spacial score (nSPS) is 11.6. The lowest BCUT2D eigenvalue weighted by Crippen LogP contribution is -2.21. The Bertz CT molecular complexity index is 628. The summed E-state index contributed by atoms with van der Waals surface area (Å²) in [5.41, 5.74) is 6.06. The third-order valence-electron chi connectivity index (χ3n) is 2.31. The van der Waals surface area contributed by atoms with E-state index in [9.17, 15) is 13.2 Å². The zero-order chi connectivity index (χ0) is 14.9. The molecule has 4 N–H and O–H groups in total. The Morgan fingerprint density at radius 2 is 2.00 bits per heavy atom. The number of benzene rings is 1. The molecule has 0 radical (unpaired) electrons. The largest absolute Gasteiger partial charge is 0.495 e. The van der Waals surface area contributed by atoms with Gasteiger partial charge in [-0.05, 0) is 23.9 Å². The minimum atomic E-state index is -4.66. The highest BCUT2D eigenvalue weighted by molar-refractivity contribution is 7.99. The van der Waals surface area contributed by atoms with Gasteiger partial charge < -0.3 is 16.3 Å². The second-order valence-corrected chi connectivity index (χ2v) is 4.70. The number of halogens is 3. The summed E-state index contributed by atoms with van der Waals surface area (Å²) < 4.78 is 43.1. The second-order valence-electron chi connectivity index (χ2n) is 3.69. The molecule has 10 heteroatoms. The Morgan fingerprint density at radius 1 is 1.30 bits per heavy atom. The number of nitrogens with two attached hydrogens (primary N) is 2. The lowest BCUT2D eigenvalue weighted by molar-refractivity contribution is -0.146. The average Bonchev–Trinajstić information content (AvgIpc) is 2.73. The minimum Gasteiger partial charge on any atom is -0.495 e. The van der Waals surface area contributed by atoms with Crippen LogP contribution >= 0.6 is 11.8 Å². The highest BCUT2D eigenvalue weighted by Gasteiger charge is 2.38. The molecule has 0 bridgehead atoms. The number of hydrogen-bond donors (Lipinski definition) is 2. The summed E-state index contributed by atoms with van der Waals surface area (Å²) >= 11 is 0.895. The number of rotatable bonds is 3. The van der Waals surface area contributed by atoms with Crippen molar-refractivity contribution in [2.24, 2.45) is 0 Å². The fraction of sp³-hybridized carbons (Fsp3) is 0.200. The molecular weight excluding hydrogens is 295 g/mol. The van der Waals surface area contributed by atoms with E-state index in [1.54, 1.807) is 18.2 Å². The van der Waals surface area contributed by atoms with Crippen LogP contribution in [0.5, 0.6) is 5.75 Å². The molecule has 6 nitrogen and oxygen atoms in total. The lowest BCUT2D eigenvalue weighted by atomic mass is 10.3. The Hall–Kier alpha value is -2.10. The van der Waals surface area contributed by atoms with Gasteiger partial charge in [0.1, 0.15) is 5.75 Å². The maximum Gasteiger partial charge on any atom is 0.453 e. The number of hydrogen-bond acceptors (Lipinski definition) is 6. The highest BCUT2D eigenvalue weighted by Crippen LogP contribution is 2.36. The van der Waals surface area contributed by atoms with Crippen LogP contribution in [0.1, 0.15) is 5.82 Å². The van der Waals surface area contributed by atoms with E-state index in [0.717, 1.165) is 11.8 Å². The van der Waals surface area contributed by atoms with Crippen LogP contribution in [0.2, 0.25) is 0 Å². The van der Waals surface area contributed by atoms with Crippen LogP contribution in [-0.4, -0.2) is 22.0 Å². The van der Waals surface area contributed by atoms with Crippen LogP contribution in [-0.2, 0) is 6.18 Å². The van der Waals surface area contributed by atoms with Crippen LogP contribution in [0.3, 0.4) is 0 Å². The first-order valence-electron chi connectivity index (χ1n) is 5.22. The Morgan fingerprint density at radius 3 is 2.55 bits per heavy atom. The summed E-state index contributed by atoms with van der Waals surface area (Å²) in [5.74, 6) is 4.48. The van der Waals surface area contributed by atoms with Gasteiger partial charge in [0.25, 0.3) is 5.82 Å². The van der Waals surface area contributed by atoms with Crippen molar-refractivity contribution in [3.63, 3.8) is 0 Å². The smallest absolute Gasteiger partial charge is 0.453 e. The van der Waals surface area contributed by atoms with Crippen LogP contribution in [0.15, 0.2) is 28.3 Å². The van der Waals surface area contributed by atoms with Crippen LogP contribution in [0, 0.1) is 0 Å². The molecule has 0 saturated carbocycles. The summed E-state index contributed by atoms with van der Waals surface area (Å²) in [6.45, 7) is 0. The summed E-state index contributed by atoms with van der Waals surface area (Å²) in [4.78, 5) is 0.523. The molecule has 0 aliphatic carbocycles. The summed E-state index contributed by atoms with van der Waals surface area (Å²) in [7, 11) is 1.42. The van der Waals surface area contributed by atoms with E-state index < -0.39 is 12.0 Å². The molecule has 0 fully saturated rings. The zero-order valence-corrected chi connectivity index (χ0v) is 11.0. The molecule has 2 rings (SSSR count). The van der Waals surface area contributed by atoms with Gasteiger partial charge in [-0.3, -0.25) is 0 Å². The third-order valence-corrected chi connectivity index (χ3v) is 3.33. The predicted molar refractivity (Wildman–Crippen MR) is 66.7 cm³/mol. The van der Waals surface area contributed by atoms with Gasteiger partial charge in [0.15, 0.2) is 0 Å². The molecule has 0 unspecified atom stereocenters. The van der Waals surface area contributed by atoms with Gasteiger partial charge in [-0.15, -0.1) is 10.2 Å². The van der Waals surface area contributed by atoms with Gasteiger partial charge in [0, 0.05) is 11.8 Å². The van der Waals surface area contributed by atoms with Crippen molar-refractivity contribution in [2.75, 3.05) is 18.7 Å². The van der Waals surface area contributed by atoms with E-state index in [1.807, 2.05) is 0 Å². The number of nitrogens with zero attached hydrogens (tertiary/aromatic N) is 3. The van der Waals surface area contributed by atoms with Gasteiger partial charge in [0.2, 0.25) is 5.16 Å². The van der Waals surface area contributed by atoms with Crippen molar-refractivity contribution in [3.05, 3.63) is 24.0 Å². The molecular formula is C10H10F3N5OS. The molecule has 0 aliphatic rings.